The van der Waals surface area contributed by atoms with Gasteiger partial charge >= 0.3 is 0 Å². The van der Waals surface area contributed by atoms with Crippen LogP contribution < -0.4 is 4.90 Å². The summed E-state index contributed by atoms with van der Waals surface area (Å²) in [4.78, 5) is 24.2. The maximum Gasteiger partial charge on any atom is 0.213 e. The van der Waals surface area contributed by atoms with Gasteiger partial charge in [-0.3, -0.25) is 9.59 Å². The highest BCUT2D eigenvalue weighted by Gasteiger charge is 2.28. The monoisotopic (exact) mass is 247 g/mol. The molecule has 1 aromatic carbocycles. The van der Waals surface area contributed by atoms with Crippen molar-refractivity contribution in [1.82, 2.24) is 0 Å². The molecule has 1 aromatic rings. The zero-order chi connectivity index (χ0) is 13.1. The summed E-state index contributed by atoms with van der Waals surface area (Å²) >= 11 is 0. The minimum Gasteiger partial charge on any atom is -0.367 e. The zero-order valence-corrected chi connectivity index (χ0v) is 10.6. The first-order valence-corrected chi connectivity index (χ1v) is 6.09. The molecular weight excluding hydrogens is 230 g/mol. The van der Waals surface area contributed by atoms with Crippen LogP contribution in [0.5, 0.6) is 0 Å². The van der Waals surface area contributed by atoms with Crippen LogP contribution in [0, 0.1) is 0 Å². The summed E-state index contributed by atoms with van der Waals surface area (Å²) < 4.78 is 5.56. The number of anilines is 1. The molecule has 0 spiro atoms. The van der Waals surface area contributed by atoms with Gasteiger partial charge in [0.05, 0.1) is 6.10 Å². The molecule has 0 aliphatic carbocycles. The first kappa shape index (κ1) is 12.8. The molecule has 4 heteroatoms. The SMILES string of the molecule is CC1CCC(C(=O)c2ccc(N(C)C=O)cc2)O1. The van der Waals surface area contributed by atoms with E-state index in [0.717, 1.165) is 24.9 Å². The average Bonchev–Trinajstić information content (AvgIpc) is 2.84. The van der Waals surface area contributed by atoms with Crippen molar-refractivity contribution in [3.8, 4) is 0 Å². The second-order valence-corrected chi connectivity index (χ2v) is 4.64. The molecule has 0 radical (unpaired) electrons. The lowest BCUT2D eigenvalue weighted by Gasteiger charge is -2.13. The fourth-order valence-electron chi connectivity index (χ4n) is 2.10. The summed E-state index contributed by atoms with van der Waals surface area (Å²) in [7, 11) is 1.67. The second-order valence-electron chi connectivity index (χ2n) is 4.64. The van der Waals surface area contributed by atoms with Crippen LogP contribution in [0.15, 0.2) is 24.3 Å². The topological polar surface area (TPSA) is 46.6 Å². The molecule has 1 aliphatic heterocycles. The number of nitrogens with zero attached hydrogens (tertiary/aromatic N) is 1. The van der Waals surface area contributed by atoms with Gasteiger partial charge in [0, 0.05) is 18.3 Å². The van der Waals surface area contributed by atoms with E-state index in [0.29, 0.717) is 5.56 Å². The second kappa shape index (κ2) is 5.31. The maximum atomic E-state index is 12.1. The average molecular weight is 247 g/mol. The van der Waals surface area contributed by atoms with E-state index < -0.39 is 0 Å². The summed E-state index contributed by atoms with van der Waals surface area (Å²) in [5.41, 5.74) is 1.40. The third-order valence-corrected chi connectivity index (χ3v) is 3.24. The number of benzene rings is 1. The highest BCUT2D eigenvalue weighted by Crippen LogP contribution is 2.23. The van der Waals surface area contributed by atoms with Crippen molar-refractivity contribution in [2.24, 2.45) is 0 Å². The normalized spacial score (nSPS) is 22.8. The summed E-state index contributed by atoms with van der Waals surface area (Å²) in [5.74, 6) is 0.0275. The Kier molecular flexibility index (Phi) is 3.77. The molecule has 0 aromatic heterocycles. The van der Waals surface area contributed by atoms with Crippen LogP contribution in [-0.4, -0.2) is 31.4 Å². The van der Waals surface area contributed by atoms with E-state index in [1.54, 1.807) is 31.3 Å². The van der Waals surface area contributed by atoms with Gasteiger partial charge in [0.2, 0.25) is 6.41 Å². The quantitative estimate of drug-likeness (QED) is 0.604. The molecule has 2 unspecified atom stereocenters. The van der Waals surface area contributed by atoms with E-state index in [2.05, 4.69) is 0 Å². The lowest BCUT2D eigenvalue weighted by Crippen LogP contribution is -2.21. The Hall–Kier alpha value is -1.68. The van der Waals surface area contributed by atoms with Crippen LogP contribution >= 0.6 is 0 Å². The number of amides is 1. The van der Waals surface area contributed by atoms with Gasteiger partial charge in [-0.25, -0.2) is 0 Å². The van der Waals surface area contributed by atoms with Crippen LogP contribution in [0.1, 0.15) is 30.1 Å². The lowest BCUT2D eigenvalue weighted by atomic mass is 10.0. The fourth-order valence-corrected chi connectivity index (χ4v) is 2.10. The van der Waals surface area contributed by atoms with Crippen LogP contribution in [0.4, 0.5) is 5.69 Å². The minimum atomic E-state index is -0.311. The molecule has 1 aliphatic rings. The van der Waals surface area contributed by atoms with E-state index in [9.17, 15) is 9.59 Å². The van der Waals surface area contributed by atoms with Gasteiger partial charge in [-0.15, -0.1) is 0 Å². The van der Waals surface area contributed by atoms with E-state index in [4.69, 9.17) is 4.74 Å². The van der Waals surface area contributed by atoms with Gasteiger partial charge < -0.3 is 9.64 Å². The largest absolute Gasteiger partial charge is 0.367 e. The molecule has 18 heavy (non-hydrogen) atoms. The van der Waals surface area contributed by atoms with Crippen molar-refractivity contribution in [2.45, 2.75) is 32.0 Å². The molecule has 2 rings (SSSR count). The van der Waals surface area contributed by atoms with Crippen molar-refractivity contribution < 1.29 is 14.3 Å². The van der Waals surface area contributed by atoms with E-state index in [1.807, 2.05) is 6.92 Å². The standard InChI is InChI=1S/C14H17NO3/c1-10-3-8-13(18-10)14(17)11-4-6-12(7-5-11)15(2)9-16/h4-7,9-10,13H,3,8H2,1-2H3. The van der Waals surface area contributed by atoms with E-state index in [1.165, 1.54) is 4.90 Å². The smallest absolute Gasteiger partial charge is 0.213 e. The van der Waals surface area contributed by atoms with Crippen molar-refractivity contribution in [3.63, 3.8) is 0 Å². The zero-order valence-electron chi connectivity index (χ0n) is 10.6. The van der Waals surface area contributed by atoms with Crippen molar-refractivity contribution >= 4 is 17.9 Å². The van der Waals surface area contributed by atoms with Gasteiger partial charge in [-0.2, -0.15) is 0 Å². The molecule has 1 heterocycles. The lowest BCUT2D eigenvalue weighted by molar-refractivity contribution is -0.107. The van der Waals surface area contributed by atoms with Crippen LogP contribution in [0.2, 0.25) is 0 Å². The highest BCUT2D eigenvalue weighted by molar-refractivity contribution is 6.00. The highest BCUT2D eigenvalue weighted by atomic mass is 16.5. The van der Waals surface area contributed by atoms with E-state index >= 15 is 0 Å². The summed E-state index contributed by atoms with van der Waals surface area (Å²) in [5, 5.41) is 0. The Morgan fingerprint density at radius 2 is 2.00 bits per heavy atom. The molecule has 1 saturated heterocycles. The number of hydrogen-bond donors (Lipinski definition) is 0. The van der Waals surface area contributed by atoms with Crippen LogP contribution in [0.3, 0.4) is 0 Å². The number of ether oxygens (including phenoxy) is 1. The summed E-state index contributed by atoms with van der Waals surface area (Å²) in [6.45, 7) is 1.98. The van der Waals surface area contributed by atoms with Gasteiger partial charge in [-0.05, 0) is 44.0 Å². The first-order valence-electron chi connectivity index (χ1n) is 6.09. The third kappa shape index (κ3) is 2.59. The Bertz CT molecular complexity index is 441. The van der Waals surface area contributed by atoms with Gasteiger partial charge in [0.1, 0.15) is 6.10 Å². The Labute approximate surface area is 107 Å². The van der Waals surface area contributed by atoms with Crippen LogP contribution in [0.25, 0.3) is 0 Å². The van der Waals surface area contributed by atoms with Crippen molar-refractivity contribution in [1.29, 1.82) is 0 Å². The molecule has 0 N–H and O–H groups in total. The number of carbonyl (C=O) groups is 2. The van der Waals surface area contributed by atoms with Gasteiger partial charge in [-0.1, -0.05) is 0 Å². The molecule has 1 fully saturated rings. The summed E-state index contributed by atoms with van der Waals surface area (Å²) in [6, 6.07) is 7.01. The number of ketones is 1. The van der Waals surface area contributed by atoms with Crippen LogP contribution in [-0.2, 0) is 9.53 Å². The molecule has 2 atom stereocenters. The molecule has 1 amide bonds. The van der Waals surface area contributed by atoms with E-state index in [-0.39, 0.29) is 18.0 Å². The Morgan fingerprint density at radius 1 is 1.33 bits per heavy atom. The number of rotatable bonds is 4. The fraction of sp³-hybridized carbons (Fsp3) is 0.429. The predicted octanol–water partition coefficient (Wildman–Crippen LogP) is 2.03. The van der Waals surface area contributed by atoms with Gasteiger partial charge in [0.25, 0.3) is 0 Å². The Morgan fingerprint density at radius 3 is 2.50 bits per heavy atom. The number of Topliss-reactive ketones (excluding diaryl/α,β-unsaturated/α-hetero) is 1. The first-order chi connectivity index (χ1) is 8.61. The molecule has 96 valence electrons. The molecule has 4 nitrogen and oxygen atoms in total. The number of carbonyl (C=O) groups excluding carboxylic acids is 2. The molecule has 0 saturated carbocycles. The van der Waals surface area contributed by atoms with Gasteiger partial charge in [0.15, 0.2) is 5.78 Å². The molecular formula is C14H17NO3. The third-order valence-electron chi connectivity index (χ3n) is 3.24. The maximum absolute atomic E-state index is 12.1. The minimum absolute atomic E-state index is 0.0275. The summed E-state index contributed by atoms with van der Waals surface area (Å²) in [6.07, 6.45) is 2.31. The van der Waals surface area contributed by atoms with Crippen molar-refractivity contribution in [2.75, 3.05) is 11.9 Å². The Balaban J connectivity index is 2.09. The molecule has 0 bridgehead atoms. The number of hydrogen-bond acceptors (Lipinski definition) is 3. The van der Waals surface area contributed by atoms with Crippen molar-refractivity contribution in [3.05, 3.63) is 29.8 Å². The predicted molar refractivity (Wildman–Crippen MR) is 68.8 cm³/mol.